The molecular weight excluding hydrogens is 242 g/mol. The molecule has 1 atom stereocenters. The summed E-state index contributed by atoms with van der Waals surface area (Å²) < 4.78 is 0. The summed E-state index contributed by atoms with van der Waals surface area (Å²) in [4.78, 5) is 5.49. The molecule has 1 aromatic heterocycles. The van der Waals surface area contributed by atoms with Crippen molar-refractivity contribution in [3.05, 3.63) is 46.5 Å². The first-order chi connectivity index (χ1) is 8.66. The number of thiazole rings is 1. The van der Waals surface area contributed by atoms with E-state index in [4.69, 9.17) is 5.73 Å². The van der Waals surface area contributed by atoms with Crippen molar-refractivity contribution >= 4 is 16.5 Å². The van der Waals surface area contributed by atoms with E-state index < -0.39 is 0 Å². The van der Waals surface area contributed by atoms with Gasteiger partial charge in [-0.15, -0.1) is 11.3 Å². The maximum atomic E-state index is 5.72. The van der Waals surface area contributed by atoms with Gasteiger partial charge in [0.1, 0.15) is 0 Å². The quantitative estimate of drug-likeness (QED) is 0.870. The molecule has 0 aliphatic heterocycles. The first kappa shape index (κ1) is 13.1. The molecule has 0 saturated carbocycles. The van der Waals surface area contributed by atoms with Crippen LogP contribution in [0.5, 0.6) is 0 Å². The van der Waals surface area contributed by atoms with Crippen LogP contribution in [0.15, 0.2) is 30.3 Å². The van der Waals surface area contributed by atoms with Crippen LogP contribution in [0.4, 0.5) is 5.13 Å². The van der Waals surface area contributed by atoms with E-state index in [0.29, 0.717) is 11.2 Å². The van der Waals surface area contributed by atoms with Crippen LogP contribution in [-0.4, -0.2) is 11.5 Å². The van der Waals surface area contributed by atoms with Gasteiger partial charge < -0.3 is 11.1 Å². The van der Waals surface area contributed by atoms with Gasteiger partial charge in [0.15, 0.2) is 5.13 Å². The van der Waals surface area contributed by atoms with Crippen molar-refractivity contribution in [2.45, 2.75) is 26.3 Å². The minimum Gasteiger partial charge on any atom is -0.375 e. The Bertz CT molecular complexity index is 493. The van der Waals surface area contributed by atoms with Gasteiger partial charge in [-0.05, 0) is 32.4 Å². The molecule has 0 bridgehead atoms. The Labute approximate surface area is 112 Å². The van der Waals surface area contributed by atoms with Gasteiger partial charge in [0.05, 0.1) is 5.69 Å². The topological polar surface area (TPSA) is 50.9 Å². The van der Waals surface area contributed by atoms with Gasteiger partial charge in [-0.2, -0.15) is 0 Å². The maximum Gasteiger partial charge on any atom is 0.180 e. The van der Waals surface area contributed by atoms with E-state index >= 15 is 0 Å². The third-order valence-corrected chi connectivity index (χ3v) is 4.12. The van der Waals surface area contributed by atoms with Crippen molar-refractivity contribution in [3.8, 4) is 0 Å². The Morgan fingerprint density at radius 3 is 2.67 bits per heavy atom. The number of nitrogen functional groups attached to an aromatic ring is 1. The van der Waals surface area contributed by atoms with Gasteiger partial charge in [0.25, 0.3) is 0 Å². The minimum atomic E-state index is 0.309. The zero-order valence-electron chi connectivity index (χ0n) is 10.8. The Morgan fingerprint density at radius 2 is 2.06 bits per heavy atom. The fourth-order valence-corrected chi connectivity index (χ4v) is 2.86. The van der Waals surface area contributed by atoms with Crippen molar-refractivity contribution in [2.24, 2.45) is 0 Å². The molecule has 18 heavy (non-hydrogen) atoms. The van der Waals surface area contributed by atoms with Gasteiger partial charge in [0.2, 0.25) is 0 Å². The Kier molecular flexibility index (Phi) is 4.33. The summed E-state index contributed by atoms with van der Waals surface area (Å²) in [5, 5.41) is 4.17. The normalized spacial score (nSPS) is 12.6. The number of aromatic nitrogens is 1. The van der Waals surface area contributed by atoms with Crippen molar-refractivity contribution in [2.75, 3.05) is 12.3 Å². The molecule has 3 nitrogen and oxygen atoms in total. The molecule has 0 radical (unpaired) electrons. The van der Waals surface area contributed by atoms with Crippen LogP contribution in [0.3, 0.4) is 0 Å². The van der Waals surface area contributed by atoms with Crippen LogP contribution in [0.25, 0.3) is 0 Å². The number of rotatable bonds is 5. The summed E-state index contributed by atoms with van der Waals surface area (Å²) in [7, 11) is 0. The molecule has 3 N–H and O–H groups in total. The van der Waals surface area contributed by atoms with E-state index in [1.165, 1.54) is 10.4 Å². The smallest absolute Gasteiger partial charge is 0.180 e. The average Bonchev–Trinajstić information content (AvgIpc) is 2.70. The molecule has 0 fully saturated rings. The largest absolute Gasteiger partial charge is 0.375 e. The van der Waals surface area contributed by atoms with Crippen LogP contribution >= 0.6 is 11.3 Å². The minimum absolute atomic E-state index is 0.309. The molecule has 0 spiro atoms. The Hall–Kier alpha value is -1.39. The van der Waals surface area contributed by atoms with Crippen molar-refractivity contribution < 1.29 is 0 Å². The van der Waals surface area contributed by atoms with Crippen molar-refractivity contribution in [3.63, 3.8) is 0 Å². The van der Waals surface area contributed by atoms with Crippen LogP contribution in [0, 0.1) is 6.92 Å². The van der Waals surface area contributed by atoms with E-state index in [2.05, 4.69) is 41.5 Å². The Balaban J connectivity index is 1.85. The molecule has 1 aromatic carbocycles. The summed E-state index contributed by atoms with van der Waals surface area (Å²) in [5.74, 6) is 0. The zero-order chi connectivity index (χ0) is 13.0. The third kappa shape index (κ3) is 3.31. The zero-order valence-corrected chi connectivity index (χ0v) is 11.6. The molecule has 1 unspecified atom stereocenters. The molecule has 96 valence electrons. The standard InChI is InChI=1S/C14H19N3S/c1-10(13-11(2)17-14(15)18-13)16-9-8-12-6-4-3-5-7-12/h3-7,10,16H,8-9H2,1-2H3,(H2,15,17). The van der Waals surface area contributed by atoms with Crippen molar-refractivity contribution in [1.82, 2.24) is 10.3 Å². The fraction of sp³-hybridized carbons (Fsp3) is 0.357. The monoisotopic (exact) mass is 261 g/mol. The summed E-state index contributed by atoms with van der Waals surface area (Å²) >= 11 is 1.57. The van der Waals surface area contributed by atoms with Gasteiger partial charge in [-0.1, -0.05) is 30.3 Å². The molecule has 0 saturated heterocycles. The van der Waals surface area contributed by atoms with E-state index in [0.717, 1.165) is 18.7 Å². The van der Waals surface area contributed by atoms with Crippen LogP contribution in [0.1, 0.15) is 29.1 Å². The highest BCUT2D eigenvalue weighted by Gasteiger charge is 2.12. The Morgan fingerprint density at radius 1 is 1.33 bits per heavy atom. The van der Waals surface area contributed by atoms with Crippen LogP contribution in [-0.2, 0) is 6.42 Å². The predicted octanol–water partition coefficient (Wildman–Crippen LogP) is 2.93. The SMILES string of the molecule is Cc1nc(N)sc1C(C)NCCc1ccccc1. The highest BCUT2D eigenvalue weighted by atomic mass is 32.1. The number of hydrogen-bond acceptors (Lipinski definition) is 4. The molecule has 0 amide bonds. The van der Waals surface area contributed by atoms with E-state index in [1.54, 1.807) is 11.3 Å². The molecular formula is C14H19N3S. The summed E-state index contributed by atoms with van der Waals surface area (Å²) in [6.45, 7) is 5.13. The van der Waals surface area contributed by atoms with Gasteiger partial charge >= 0.3 is 0 Å². The number of hydrogen-bond donors (Lipinski definition) is 2. The molecule has 0 aliphatic carbocycles. The van der Waals surface area contributed by atoms with Crippen LogP contribution < -0.4 is 11.1 Å². The number of benzene rings is 1. The van der Waals surface area contributed by atoms with E-state index in [1.807, 2.05) is 13.0 Å². The lowest BCUT2D eigenvalue weighted by molar-refractivity contribution is 0.581. The summed E-state index contributed by atoms with van der Waals surface area (Å²) in [6, 6.07) is 10.8. The van der Waals surface area contributed by atoms with Crippen molar-refractivity contribution in [1.29, 1.82) is 0 Å². The average molecular weight is 261 g/mol. The third-order valence-electron chi connectivity index (χ3n) is 2.95. The first-order valence-electron chi connectivity index (χ1n) is 6.17. The second-order valence-corrected chi connectivity index (χ2v) is 5.48. The molecule has 2 rings (SSSR count). The predicted molar refractivity (Wildman–Crippen MR) is 77.8 cm³/mol. The van der Waals surface area contributed by atoms with Gasteiger partial charge in [0, 0.05) is 10.9 Å². The molecule has 4 heteroatoms. The fourth-order valence-electron chi connectivity index (χ4n) is 2.00. The maximum absolute atomic E-state index is 5.72. The highest BCUT2D eigenvalue weighted by Crippen LogP contribution is 2.26. The molecule has 0 aliphatic rings. The summed E-state index contributed by atoms with van der Waals surface area (Å²) in [6.07, 6.45) is 1.04. The lowest BCUT2D eigenvalue weighted by Crippen LogP contribution is -2.21. The number of anilines is 1. The number of aryl methyl sites for hydroxylation is 1. The van der Waals surface area contributed by atoms with Gasteiger partial charge in [-0.25, -0.2) is 4.98 Å². The second kappa shape index (κ2) is 5.98. The van der Waals surface area contributed by atoms with Crippen LogP contribution in [0.2, 0.25) is 0 Å². The highest BCUT2D eigenvalue weighted by molar-refractivity contribution is 7.15. The molecule has 1 heterocycles. The number of nitrogens with two attached hydrogens (primary N) is 1. The first-order valence-corrected chi connectivity index (χ1v) is 6.98. The van der Waals surface area contributed by atoms with E-state index in [-0.39, 0.29) is 0 Å². The van der Waals surface area contributed by atoms with E-state index in [9.17, 15) is 0 Å². The number of nitrogens with zero attached hydrogens (tertiary/aromatic N) is 1. The van der Waals surface area contributed by atoms with Gasteiger partial charge in [-0.3, -0.25) is 0 Å². The number of nitrogens with one attached hydrogen (secondary N) is 1. The second-order valence-electron chi connectivity index (χ2n) is 4.41. The summed E-state index contributed by atoms with van der Waals surface area (Å²) in [5.41, 5.74) is 8.11. The molecule has 2 aromatic rings. The lowest BCUT2D eigenvalue weighted by atomic mass is 10.1. The lowest BCUT2D eigenvalue weighted by Gasteiger charge is -2.12.